The molecule has 0 aromatic heterocycles. The van der Waals surface area contributed by atoms with Crippen molar-refractivity contribution in [2.24, 2.45) is 0 Å². The Kier molecular flexibility index (Phi) is 6.78. The molecule has 0 saturated heterocycles. The van der Waals surface area contributed by atoms with E-state index in [1.165, 1.54) is 30.3 Å². The SMILES string of the molecule is CCc1cc(F)c(C(F)(F)Oc2ccc(CCc3cc(F)c(C#N)c(F)c3)cc2)c(F)c1. The molecule has 0 fully saturated rings. The highest BCUT2D eigenvalue weighted by Gasteiger charge is 2.41. The minimum absolute atomic E-state index is 0.232. The van der Waals surface area contributed by atoms with Crippen LogP contribution in [-0.4, -0.2) is 0 Å². The van der Waals surface area contributed by atoms with Crippen molar-refractivity contribution in [2.75, 3.05) is 0 Å². The Morgan fingerprint density at radius 1 is 0.781 bits per heavy atom. The van der Waals surface area contributed by atoms with Crippen LogP contribution in [0.25, 0.3) is 0 Å². The van der Waals surface area contributed by atoms with E-state index in [1.54, 1.807) is 6.92 Å². The molecule has 0 aliphatic heterocycles. The normalized spacial score (nSPS) is 11.3. The fourth-order valence-electron chi connectivity index (χ4n) is 3.20. The van der Waals surface area contributed by atoms with Crippen LogP contribution in [0.5, 0.6) is 5.75 Å². The van der Waals surface area contributed by atoms with Gasteiger partial charge in [-0.3, -0.25) is 0 Å². The zero-order chi connectivity index (χ0) is 23.5. The Bertz CT molecular complexity index is 1120. The van der Waals surface area contributed by atoms with Gasteiger partial charge in [-0.2, -0.15) is 14.0 Å². The van der Waals surface area contributed by atoms with E-state index in [0.29, 0.717) is 17.5 Å². The van der Waals surface area contributed by atoms with E-state index >= 15 is 0 Å². The third-order valence-electron chi connectivity index (χ3n) is 4.89. The lowest BCUT2D eigenvalue weighted by Gasteiger charge is -2.20. The number of alkyl halides is 2. The van der Waals surface area contributed by atoms with Crippen LogP contribution < -0.4 is 4.74 Å². The molecule has 166 valence electrons. The fraction of sp³-hybridized carbons (Fsp3) is 0.208. The number of nitriles is 1. The van der Waals surface area contributed by atoms with Crippen LogP contribution in [0.1, 0.15) is 34.7 Å². The largest absolute Gasteiger partial charge is 0.432 e. The average Bonchev–Trinajstić information content (AvgIpc) is 2.72. The van der Waals surface area contributed by atoms with Crippen LogP contribution in [0, 0.1) is 34.6 Å². The van der Waals surface area contributed by atoms with Crippen molar-refractivity contribution in [3.8, 4) is 11.8 Å². The molecule has 0 heterocycles. The second-order valence-electron chi connectivity index (χ2n) is 7.10. The smallest absolute Gasteiger partial charge is 0.429 e. The van der Waals surface area contributed by atoms with Crippen molar-refractivity contribution in [2.45, 2.75) is 32.3 Å². The molecule has 0 bridgehead atoms. The van der Waals surface area contributed by atoms with Gasteiger partial charge in [0.2, 0.25) is 0 Å². The molecule has 0 atom stereocenters. The zero-order valence-corrected chi connectivity index (χ0v) is 16.9. The summed E-state index contributed by atoms with van der Waals surface area (Å²) in [4.78, 5) is 0. The number of rotatable bonds is 7. The van der Waals surface area contributed by atoms with E-state index in [4.69, 9.17) is 5.26 Å². The molecule has 3 aromatic carbocycles. The van der Waals surface area contributed by atoms with Gasteiger partial charge in [0.05, 0.1) is 0 Å². The van der Waals surface area contributed by atoms with Crippen LogP contribution in [0.3, 0.4) is 0 Å². The molecule has 0 aliphatic carbocycles. The molecule has 0 aliphatic rings. The quantitative estimate of drug-likeness (QED) is 0.381. The minimum Gasteiger partial charge on any atom is -0.429 e. The number of benzene rings is 3. The van der Waals surface area contributed by atoms with Crippen molar-refractivity contribution in [1.29, 1.82) is 5.26 Å². The summed E-state index contributed by atoms with van der Waals surface area (Å²) in [5.41, 5.74) is -0.911. The molecule has 32 heavy (non-hydrogen) atoms. The van der Waals surface area contributed by atoms with Gasteiger partial charge in [-0.05, 0) is 72.4 Å². The number of aryl methyl sites for hydroxylation is 3. The Morgan fingerprint density at radius 3 is 1.78 bits per heavy atom. The monoisotopic (exact) mass is 449 g/mol. The van der Waals surface area contributed by atoms with Crippen LogP contribution >= 0.6 is 0 Å². The van der Waals surface area contributed by atoms with Crippen LogP contribution in [0.4, 0.5) is 26.3 Å². The molecular weight excluding hydrogens is 432 g/mol. The first-order chi connectivity index (χ1) is 15.1. The summed E-state index contributed by atoms with van der Waals surface area (Å²) in [7, 11) is 0. The molecule has 0 saturated carbocycles. The molecule has 0 unspecified atom stereocenters. The molecule has 0 radical (unpaired) electrons. The highest BCUT2D eigenvalue weighted by atomic mass is 19.3. The zero-order valence-electron chi connectivity index (χ0n) is 16.9. The van der Waals surface area contributed by atoms with Crippen molar-refractivity contribution in [3.05, 3.63) is 99.6 Å². The Balaban J connectivity index is 1.70. The maximum absolute atomic E-state index is 14.4. The summed E-state index contributed by atoms with van der Waals surface area (Å²) in [5.74, 6) is -5.02. The van der Waals surface area contributed by atoms with Crippen molar-refractivity contribution < 1.29 is 31.1 Å². The summed E-state index contributed by atoms with van der Waals surface area (Å²) in [6, 6.07) is 10.6. The second-order valence-corrected chi connectivity index (χ2v) is 7.10. The summed E-state index contributed by atoms with van der Waals surface area (Å²) in [6.07, 6.45) is -3.40. The Morgan fingerprint density at radius 2 is 1.28 bits per heavy atom. The predicted octanol–water partition coefficient (Wildman–Crippen LogP) is 6.59. The first kappa shape index (κ1) is 23.2. The van der Waals surface area contributed by atoms with E-state index < -0.39 is 40.5 Å². The topological polar surface area (TPSA) is 33.0 Å². The van der Waals surface area contributed by atoms with Gasteiger partial charge in [-0.15, -0.1) is 0 Å². The van der Waals surface area contributed by atoms with Gasteiger partial charge in [0.25, 0.3) is 0 Å². The average molecular weight is 449 g/mol. The van der Waals surface area contributed by atoms with E-state index in [-0.39, 0.29) is 24.2 Å². The number of ether oxygens (including phenoxy) is 1. The third kappa shape index (κ3) is 5.05. The summed E-state index contributed by atoms with van der Waals surface area (Å²) in [5, 5.41) is 8.69. The number of hydrogen-bond acceptors (Lipinski definition) is 2. The molecule has 2 nitrogen and oxygen atoms in total. The summed E-state index contributed by atoms with van der Waals surface area (Å²) >= 11 is 0. The third-order valence-corrected chi connectivity index (χ3v) is 4.89. The van der Waals surface area contributed by atoms with Gasteiger partial charge in [0.15, 0.2) is 0 Å². The van der Waals surface area contributed by atoms with Gasteiger partial charge in [-0.1, -0.05) is 19.1 Å². The molecular formula is C24H17F6NO. The van der Waals surface area contributed by atoms with Gasteiger partial charge in [0, 0.05) is 0 Å². The molecule has 0 N–H and O–H groups in total. The molecule has 0 amide bonds. The first-order valence-corrected chi connectivity index (χ1v) is 9.66. The summed E-state index contributed by atoms with van der Waals surface area (Å²) < 4.78 is 88.9. The van der Waals surface area contributed by atoms with Crippen molar-refractivity contribution in [3.63, 3.8) is 0 Å². The van der Waals surface area contributed by atoms with Gasteiger partial charge < -0.3 is 4.74 Å². The van der Waals surface area contributed by atoms with Gasteiger partial charge >= 0.3 is 6.11 Å². The minimum atomic E-state index is -4.24. The Hall–Kier alpha value is -3.47. The van der Waals surface area contributed by atoms with E-state index in [2.05, 4.69) is 4.74 Å². The van der Waals surface area contributed by atoms with E-state index in [1.807, 2.05) is 0 Å². The lowest BCUT2D eigenvalue weighted by atomic mass is 10.0. The number of nitrogens with zero attached hydrogens (tertiary/aromatic N) is 1. The molecule has 0 spiro atoms. The highest BCUT2D eigenvalue weighted by Crippen LogP contribution is 2.35. The van der Waals surface area contributed by atoms with Crippen LogP contribution in [0.2, 0.25) is 0 Å². The molecule has 3 rings (SSSR count). The second kappa shape index (κ2) is 9.35. The van der Waals surface area contributed by atoms with Gasteiger partial charge in [-0.25, -0.2) is 17.6 Å². The standard InChI is InChI=1S/C24H17F6NO/c1-2-14-9-21(27)23(22(28)10-14)24(29,30)32-17-7-5-15(6-8-17)3-4-16-11-19(25)18(13-31)20(26)12-16/h5-12H,2-4H2,1H3. The number of hydrogen-bond donors (Lipinski definition) is 0. The predicted molar refractivity (Wildman–Crippen MR) is 105 cm³/mol. The van der Waals surface area contributed by atoms with E-state index in [0.717, 1.165) is 24.3 Å². The maximum atomic E-state index is 14.4. The van der Waals surface area contributed by atoms with Crippen molar-refractivity contribution >= 4 is 0 Å². The fourth-order valence-corrected chi connectivity index (χ4v) is 3.20. The summed E-state index contributed by atoms with van der Waals surface area (Å²) in [6.45, 7) is 1.64. The lowest BCUT2D eigenvalue weighted by Crippen LogP contribution is -2.25. The number of halogens is 6. The van der Waals surface area contributed by atoms with E-state index in [9.17, 15) is 26.3 Å². The molecule has 8 heteroatoms. The Labute approximate surface area is 180 Å². The highest BCUT2D eigenvalue weighted by molar-refractivity contribution is 5.36. The van der Waals surface area contributed by atoms with Crippen LogP contribution in [-0.2, 0) is 25.4 Å². The van der Waals surface area contributed by atoms with Crippen molar-refractivity contribution in [1.82, 2.24) is 0 Å². The van der Waals surface area contributed by atoms with Crippen LogP contribution in [0.15, 0.2) is 48.5 Å². The molecule has 3 aromatic rings. The maximum Gasteiger partial charge on any atom is 0.432 e. The first-order valence-electron chi connectivity index (χ1n) is 9.66. The van der Waals surface area contributed by atoms with Gasteiger partial charge in [0.1, 0.15) is 46.2 Å². The lowest BCUT2D eigenvalue weighted by molar-refractivity contribution is -0.189.